The Morgan fingerprint density at radius 2 is 2.16 bits per heavy atom. The zero-order chi connectivity index (χ0) is 17.8. The van der Waals surface area contributed by atoms with Gasteiger partial charge in [0.25, 0.3) is 0 Å². The third kappa shape index (κ3) is 2.33. The molecule has 5 nitrogen and oxygen atoms in total. The molecule has 1 aromatic rings. The van der Waals surface area contributed by atoms with E-state index in [9.17, 15) is 9.59 Å². The van der Waals surface area contributed by atoms with Crippen LogP contribution in [0.3, 0.4) is 0 Å². The Hall–Kier alpha value is -2.14. The van der Waals surface area contributed by atoms with Gasteiger partial charge in [0.05, 0.1) is 24.7 Å². The Kier molecular flexibility index (Phi) is 3.72. The Morgan fingerprint density at radius 1 is 1.40 bits per heavy atom. The molecule has 1 spiro atoms. The van der Waals surface area contributed by atoms with Gasteiger partial charge in [-0.1, -0.05) is 37.3 Å². The Labute approximate surface area is 147 Å². The van der Waals surface area contributed by atoms with Gasteiger partial charge in [-0.15, -0.1) is 0 Å². The van der Waals surface area contributed by atoms with E-state index in [1.54, 1.807) is 4.90 Å². The van der Waals surface area contributed by atoms with Crippen molar-refractivity contribution in [2.45, 2.75) is 45.0 Å². The van der Waals surface area contributed by atoms with Crippen molar-refractivity contribution in [3.8, 4) is 0 Å². The van der Waals surface area contributed by atoms with Crippen molar-refractivity contribution in [2.24, 2.45) is 11.8 Å². The minimum atomic E-state index is -0.705. The number of ether oxygens (including phenoxy) is 2. The largest absolute Gasteiger partial charge is 0.463 e. The zero-order valence-corrected chi connectivity index (χ0v) is 14.8. The monoisotopic (exact) mass is 341 g/mol. The highest BCUT2D eigenvalue weighted by Crippen LogP contribution is 2.53. The molecule has 0 unspecified atom stereocenters. The minimum absolute atomic E-state index is 0.0431. The highest BCUT2D eigenvalue weighted by Gasteiger charge is 2.67. The summed E-state index contributed by atoms with van der Waals surface area (Å²) in [6, 6.07) is 7.91. The lowest BCUT2D eigenvalue weighted by Gasteiger charge is -2.24. The minimum Gasteiger partial charge on any atom is -0.463 e. The first-order chi connectivity index (χ1) is 12.0. The van der Waals surface area contributed by atoms with Gasteiger partial charge in [0.15, 0.2) is 0 Å². The standard InChI is InChI=1S/C20H23NO4/c1-4-13-7-5-6-8-14(13)21-11-20-10-9-15(25-20)16(17(20)18(21)22)19(23)24-12(2)3/h5-10,12,15-17H,4,11H2,1-3H3/t15-,16+,17+,20-/m1/s1. The molecule has 2 saturated heterocycles. The van der Waals surface area contributed by atoms with E-state index in [4.69, 9.17) is 9.47 Å². The first-order valence-electron chi connectivity index (χ1n) is 8.94. The van der Waals surface area contributed by atoms with Crippen molar-refractivity contribution in [1.82, 2.24) is 0 Å². The van der Waals surface area contributed by atoms with Gasteiger partial charge in [0.2, 0.25) is 5.91 Å². The predicted octanol–water partition coefficient (Wildman–Crippen LogP) is 2.49. The summed E-state index contributed by atoms with van der Waals surface area (Å²) in [5.74, 6) is -1.44. The molecule has 132 valence electrons. The van der Waals surface area contributed by atoms with Gasteiger partial charge in [0.1, 0.15) is 11.5 Å². The molecule has 3 aliphatic rings. The molecule has 0 N–H and O–H groups in total. The number of para-hydroxylation sites is 1. The van der Waals surface area contributed by atoms with Gasteiger partial charge in [-0.05, 0) is 31.9 Å². The second-order valence-electron chi connectivity index (χ2n) is 7.29. The van der Waals surface area contributed by atoms with Crippen molar-refractivity contribution in [1.29, 1.82) is 0 Å². The highest BCUT2D eigenvalue weighted by atomic mass is 16.6. The lowest BCUT2D eigenvalue weighted by Crippen LogP contribution is -2.40. The van der Waals surface area contributed by atoms with Crippen LogP contribution in [0.2, 0.25) is 0 Å². The number of carbonyl (C=O) groups is 2. The van der Waals surface area contributed by atoms with Crippen molar-refractivity contribution >= 4 is 17.6 Å². The van der Waals surface area contributed by atoms with Crippen LogP contribution < -0.4 is 4.90 Å². The summed E-state index contributed by atoms with van der Waals surface area (Å²) >= 11 is 0. The molecule has 4 atom stereocenters. The van der Waals surface area contributed by atoms with Crippen LogP contribution in [0.1, 0.15) is 26.3 Å². The van der Waals surface area contributed by atoms with Crippen LogP contribution in [-0.4, -0.2) is 36.2 Å². The van der Waals surface area contributed by atoms with Gasteiger partial charge >= 0.3 is 5.97 Å². The summed E-state index contributed by atoms with van der Waals surface area (Å²) in [7, 11) is 0. The topological polar surface area (TPSA) is 55.8 Å². The molecule has 3 heterocycles. The van der Waals surface area contributed by atoms with E-state index in [2.05, 4.69) is 6.92 Å². The van der Waals surface area contributed by atoms with Gasteiger partial charge in [0, 0.05) is 5.69 Å². The third-order valence-corrected chi connectivity index (χ3v) is 5.39. The van der Waals surface area contributed by atoms with E-state index < -0.39 is 17.4 Å². The second kappa shape index (κ2) is 5.70. The maximum atomic E-state index is 13.2. The second-order valence-corrected chi connectivity index (χ2v) is 7.29. The van der Waals surface area contributed by atoms with Crippen LogP contribution in [0, 0.1) is 11.8 Å². The quantitative estimate of drug-likeness (QED) is 0.624. The van der Waals surface area contributed by atoms with E-state index in [0.717, 1.165) is 17.7 Å². The molecule has 4 rings (SSSR count). The Balaban J connectivity index is 1.69. The smallest absolute Gasteiger partial charge is 0.313 e. The first kappa shape index (κ1) is 16.3. The molecule has 0 saturated carbocycles. The molecule has 2 fully saturated rings. The maximum Gasteiger partial charge on any atom is 0.313 e. The fraction of sp³-hybridized carbons (Fsp3) is 0.500. The van der Waals surface area contributed by atoms with E-state index >= 15 is 0 Å². The summed E-state index contributed by atoms with van der Waals surface area (Å²) in [4.78, 5) is 27.6. The van der Waals surface area contributed by atoms with Crippen LogP contribution >= 0.6 is 0 Å². The molecule has 25 heavy (non-hydrogen) atoms. The molecule has 2 bridgehead atoms. The maximum absolute atomic E-state index is 13.2. The fourth-order valence-electron chi connectivity index (χ4n) is 4.36. The zero-order valence-electron chi connectivity index (χ0n) is 14.8. The molecule has 0 aliphatic carbocycles. The number of esters is 1. The number of fused-ring (bicyclic) bond motifs is 1. The number of anilines is 1. The molecule has 5 heteroatoms. The van der Waals surface area contributed by atoms with E-state index in [0.29, 0.717) is 6.54 Å². The SMILES string of the molecule is CCc1ccccc1N1C[C@@]23C=C[C@@H](O2)[C@H](C(=O)OC(C)C)[C@H]3C1=O. The van der Waals surface area contributed by atoms with Gasteiger partial charge in [-0.2, -0.15) is 0 Å². The molecular formula is C20H23NO4. The van der Waals surface area contributed by atoms with E-state index in [1.807, 2.05) is 50.3 Å². The van der Waals surface area contributed by atoms with Gasteiger partial charge in [-0.3, -0.25) is 9.59 Å². The highest BCUT2D eigenvalue weighted by molar-refractivity contribution is 6.03. The van der Waals surface area contributed by atoms with Crippen molar-refractivity contribution in [3.05, 3.63) is 42.0 Å². The van der Waals surface area contributed by atoms with Crippen molar-refractivity contribution in [2.75, 3.05) is 11.4 Å². The van der Waals surface area contributed by atoms with Crippen LogP contribution in [0.5, 0.6) is 0 Å². The average molecular weight is 341 g/mol. The number of carbonyl (C=O) groups excluding carboxylic acids is 2. The fourth-order valence-corrected chi connectivity index (χ4v) is 4.36. The summed E-state index contributed by atoms with van der Waals surface area (Å²) < 4.78 is 11.5. The summed E-state index contributed by atoms with van der Waals surface area (Å²) in [6.07, 6.45) is 4.15. The number of rotatable bonds is 4. The van der Waals surface area contributed by atoms with Crippen LogP contribution in [0.4, 0.5) is 5.69 Å². The third-order valence-electron chi connectivity index (χ3n) is 5.39. The summed E-state index contributed by atoms with van der Waals surface area (Å²) in [5, 5.41) is 0. The molecule has 1 amide bonds. The Bertz CT molecular complexity index is 756. The van der Waals surface area contributed by atoms with E-state index in [-0.39, 0.29) is 24.1 Å². The average Bonchev–Trinajstić information content (AvgIpc) is 3.22. The lowest BCUT2D eigenvalue weighted by molar-refractivity contribution is -0.156. The lowest BCUT2D eigenvalue weighted by atomic mass is 9.77. The molecule has 0 aromatic heterocycles. The van der Waals surface area contributed by atoms with Crippen molar-refractivity contribution in [3.63, 3.8) is 0 Å². The molecule has 0 radical (unpaired) electrons. The number of hydrogen-bond donors (Lipinski definition) is 0. The molecule has 3 aliphatic heterocycles. The molecular weight excluding hydrogens is 318 g/mol. The van der Waals surface area contributed by atoms with Crippen molar-refractivity contribution < 1.29 is 19.1 Å². The number of hydrogen-bond acceptors (Lipinski definition) is 4. The Morgan fingerprint density at radius 3 is 2.88 bits per heavy atom. The summed E-state index contributed by atoms with van der Waals surface area (Å²) in [6.45, 7) is 6.16. The normalized spacial score (nSPS) is 32.6. The van der Waals surface area contributed by atoms with Crippen LogP contribution in [0.25, 0.3) is 0 Å². The van der Waals surface area contributed by atoms with Gasteiger partial charge in [-0.25, -0.2) is 0 Å². The van der Waals surface area contributed by atoms with E-state index in [1.165, 1.54) is 0 Å². The number of nitrogens with zero attached hydrogens (tertiary/aromatic N) is 1. The number of aryl methyl sites for hydroxylation is 1. The number of amides is 1. The molecule has 1 aromatic carbocycles. The summed E-state index contributed by atoms with van der Waals surface area (Å²) in [5.41, 5.74) is 1.32. The van der Waals surface area contributed by atoms with Gasteiger partial charge < -0.3 is 14.4 Å². The number of benzene rings is 1. The predicted molar refractivity (Wildman–Crippen MR) is 93.1 cm³/mol. The first-order valence-corrected chi connectivity index (χ1v) is 8.94. The van der Waals surface area contributed by atoms with Crippen LogP contribution in [0.15, 0.2) is 36.4 Å². The van der Waals surface area contributed by atoms with Crippen LogP contribution in [-0.2, 0) is 25.5 Å².